The van der Waals surface area contributed by atoms with Gasteiger partial charge in [-0.2, -0.15) is 0 Å². The summed E-state index contributed by atoms with van der Waals surface area (Å²) in [6, 6.07) is 66.0. The second kappa shape index (κ2) is 11.5. The third kappa shape index (κ3) is 4.35. The molecule has 0 radical (unpaired) electrons. The zero-order chi connectivity index (χ0) is 34.2. The summed E-state index contributed by atoms with van der Waals surface area (Å²) in [5.74, 6) is 0. The number of furan rings is 1. The van der Waals surface area contributed by atoms with Gasteiger partial charge in [-0.15, -0.1) is 11.3 Å². The largest absolute Gasteiger partial charge is 0.455 e. The molecule has 9 aromatic carbocycles. The maximum atomic E-state index is 7.03. The first-order valence-corrected chi connectivity index (χ1v) is 18.6. The predicted molar refractivity (Wildman–Crippen MR) is 223 cm³/mol. The third-order valence-corrected chi connectivity index (χ3v) is 11.8. The van der Waals surface area contributed by atoms with E-state index < -0.39 is 0 Å². The molecule has 242 valence electrons. The lowest BCUT2D eigenvalue weighted by molar-refractivity contribution is 0.670. The van der Waals surface area contributed by atoms with Crippen molar-refractivity contribution in [3.63, 3.8) is 0 Å². The predicted octanol–water partition coefficient (Wildman–Crippen LogP) is 14.9. The molecule has 2 heteroatoms. The third-order valence-electron chi connectivity index (χ3n) is 10.6. The van der Waals surface area contributed by atoms with Crippen LogP contribution in [0.15, 0.2) is 186 Å². The van der Waals surface area contributed by atoms with Gasteiger partial charge in [0.1, 0.15) is 11.2 Å². The van der Waals surface area contributed by atoms with E-state index in [0.29, 0.717) is 0 Å². The van der Waals surface area contributed by atoms with Crippen molar-refractivity contribution >= 4 is 75.7 Å². The fourth-order valence-corrected chi connectivity index (χ4v) is 9.68. The van der Waals surface area contributed by atoms with E-state index in [0.717, 1.165) is 22.1 Å². The Morgan fingerprint density at radius 2 is 0.904 bits per heavy atom. The van der Waals surface area contributed by atoms with Crippen LogP contribution in [0.4, 0.5) is 0 Å². The molecule has 52 heavy (non-hydrogen) atoms. The lowest BCUT2D eigenvalue weighted by Gasteiger charge is -2.18. The average Bonchev–Trinajstić information content (AvgIpc) is 3.79. The first kappa shape index (κ1) is 29.3. The maximum Gasteiger partial charge on any atom is 0.144 e. The summed E-state index contributed by atoms with van der Waals surface area (Å²) in [4.78, 5) is 1.27. The number of hydrogen-bond donors (Lipinski definition) is 0. The van der Waals surface area contributed by atoms with Crippen molar-refractivity contribution in [2.75, 3.05) is 0 Å². The van der Waals surface area contributed by atoms with Crippen LogP contribution < -0.4 is 0 Å². The Balaban J connectivity index is 1.32. The highest BCUT2D eigenvalue weighted by Gasteiger charge is 2.26. The molecule has 2 heterocycles. The Morgan fingerprint density at radius 1 is 0.365 bits per heavy atom. The molecular formula is C50H30OS. The van der Waals surface area contributed by atoms with Crippen LogP contribution in [0.1, 0.15) is 0 Å². The van der Waals surface area contributed by atoms with Gasteiger partial charge in [-0.05, 0) is 72.8 Å². The smallest absolute Gasteiger partial charge is 0.144 e. The first-order chi connectivity index (χ1) is 25.8. The lowest BCUT2D eigenvalue weighted by Crippen LogP contribution is -1.91. The molecule has 2 aromatic heterocycles. The van der Waals surface area contributed by atoms with Gasteiger partial charge >= 0.3 is 0 Å². The van der Waals surface area contributed by atoms with Gasteiger partial charge in [0.05, 0.1) is 0 Å². The summed E-state index contributed by atoms with van der Waals surface area (Å²) >= 11 is 1.89. The summed E-state index contributed by atoms with van der Waals surface area (Å²) in [6.07, 6.45) is 0. The molecule has 0 saturated carbocycles. The van der Waals surface area contributed by atoms with Gasteiger partial charge in [-0.3, -0.25) is 0 Å². The SMILES string of the molecule is c1ccc(-c2c3ccccc3c(-c3cc4sc(-c5ccc6ccccc6c5)c(-c5ccccc5)c4c4c3oc3ccccc34)c3ccccc23)cc1. The molecule has 0 unspecified atom stereocenters. The van der Waals surface area contributed by atoms with Gasteiger partial charge < -0.3 is 4.42 Å². The highest BCUT2D eigenvalue weighted by molar-refractivity contribution is 7.23. The second-order valence-corrected chi connectivity index (χ2v) is 14.6. The van der Waals surface area contributed by atoms with Gasteiger partial charge in [-0.1, -0.05) is 164 Å². The summed E-state index contributed by atoms with van der Waals surface area (Å²) in [5.41, 5.74) is 10.3. The van der Waals surface area contributed by atoms with E-state index in [1.807, 2.05) is 11.3 Å². The van der Waals surface area contributed by atoms with Crippen molar-refractivity contribution < 1.29 is 4.42 Å². The van der Waals surface area contributed by atoms with Crippen molar-refractivity contribution in [2.45, 2.75) is 0 Å². The first-order valence-electron chi connectivity index (χ1n) is 17.8. The molecular weight excluding hydrogens is 649 g/mol. The molecule has 11 aromatic rings. The summed E-state index contributed by atoms with van der Waals surface area (Å²) in [7, 11) is 0. The monoisotopic (exact) mass is 678 g/mol. The van der Waals surface area contributed by atoms with Crippen molar-refractivity contribution in [3.05, 3.63) is 182 Å². The average molecular weight is 679 g/mol. The van der Waals surface area contributed by atoms with E-state index in [2.05, 4.69) is 182 Å². The zero-order valence-corrected chi connectivity index (χ0v) is 29.0. The van der Waals surface area contributed by atoms with Gasteiger partial charge in [0, 0.05) is 42.4 Å². The molecule has 0 fully saturated rings. The second-order valence-electron chi connectivity index (χ2n) is 13.5. The Kier molecular flexibility index (Phi) is 6.49. The van der Waals surface area contributed by atoms with E-state index in [1.165, 1.54) is 86.0 Å². The standard InChI is InChI=1S/C50H30OS/c1-3-16-32(17-4-1)44-36-21-9-11-23-38(36)46(39-24-12-10-22-37(39)44)41-30-43-48(47-40-25-13-14-26-42(40)51-49(41)47)45(33-18-5-2-6-19-33)50(52-43)35-28-27-31-15-7-8-20-34(31)29-35/h1-30H. The van der Waals surface area contributed by atoms with Gasteiger partial charge in [-0.25, -0.2) is 0 Å². The Hall–Kier alpha value is -6.48. The van der Waals surface area contributed by atoms with E-state index >= 15 is 0 Å². The van der Waals surface area contributed by atoms with Crippen LogP contribution in [-0.4, -0.2) is 0 Å². The minimum atomic E-state index is 0.901. The molecule has 0 saturated heterocycles. The zero-order valence-electron chi connectivity index (χ0n) is 28.1. The van der Waals surface area contributed by atoms with Crippen molar-refractivity contribution in [3.8, 4) is 43.8 Å². The quantitative estimate of drug-likeness (QED) is 0.169. The van der Waals surface area contributed by atoms with Gasteiger partial charge in [0.2, 0.25) is 0 Å². The fourth-order valence-electron chi connectivity index (χ4n) is 8.41. The summed E-state index contributed by atoms with van der Waals surface area (Å²) in [5, 5.41) is 11.0. The van der Waals surface area contributed by atoms with Crippen LogP contribution in [-0.2, 0) is 0 Å². The van der Waals surface area contributed by atoms with E-state index in [-0.39, 0.29) is 0 Å². The van der Waals surface area contributed by atoms with Crippen molar-refractivity contribution in [1.29, 1.82) is 0 Å². The highest BCUT2D eigenvalue weighted by atomic mass is 32.1. The fraction of sp³-hybridized carbons (Fsp3) is 0. The van der Waals surface area contributed by atoms with Crippen LogP contribution in [0.25, 0.3) is 108 Å². The summed E-state index contributed by atoms with van der Waals surface area (Å²) in [6.45, 7) is 0. The van der Waals surface area contributed by atoms with Crippen LogP contribution in [0.5, 0.6) is 0 Å². The van der Waals surface area contributed by atoms with Crippen LogP contribution in [0.3, 0.4) is 0 Å². The van der Waals surface area contributed by atoms with E-state index in [4.69, 9.17) is 4.42 Å². The van der Waals surface area contributed by atoms with E-state index in [9.17, 15) is 0 Å². The molecule has 0 aliphatic heterocycles. The Morgan fingerprint density at radius 3 is 1.58 bits per heavy atom. The molecule has 0 N–H and O–H groups in total. The number of rotatable bonds is 4. The van der Waals surface area contributed by atoms with Crippen LogP contribution >= 0.6 is 11.3 Å². The molecule has 0 spiro atoms. The number of hydrogen-bond acceptors (Lipinski definition) is 2. The number of para-hydroxylation sites is 1. The Bertz CT molecular complexity index is 3110. The van der Waals surface area contributed by atoms with Crippen LogP contribution in [0, 0.1) is 0 Å². The Labute approximate surface area is 304 Å². The van der Waals surface area contributed by atoms with Gasteiger partial charge in [0.15, 0.2) is 0 Å². The van der Waals surface area contributed by atoms with Crippen molar-refractivity contribution in [1.82, 2.24) is 0 Å². The lowest BCUT2D eigenvalue weighted by atomic mass is 9.85. The van der Waals surface area contributed by atoms with Crippen molar-refractivity contribution in [2.24, 2.45) is 0 Å². The highest BCUT2D eigenvalue weighted by Crippen LogP contribution is 2.54. The molecule has 0 aliphatic carbocycles. The van der Waals surface area contributed by atoms with Crippen LogP contribution in [0.2, 0.25) is 0 Å². The molecule has 11 rings (SSSR count). The minimum Gasteiger partial charge on any atom is -0.455 e. The minimum absolute atomic E-state index is 0.901. The maximum absolute atomic E-state index is 7.03. The molecule has 0 bridgehead atoms. The molecule has 0 aliphatic rings. The summed E-state index contributed by atoms with van der Waals surface area (Å²) < 4.78 is 8.27. The number of thiophene rings is 1. The topological polar surface area (TPSA) is 13.1 Å². The molecule has 0 amide bonds. The molecule has 0 atom stereocenters. The van der Waals surface area contributed by atoms with E-state index in [1.54, 1.807) is 0 Å². The number of fused-ring (bicyclic) bond motifs is 8. The normalized spacial score (nSPS) is 11.8. The van der Waals surface area contributed by atoms with Gasteiger partial charge in [0.25, 0.3) is 0 Å². The molecule has 1 nitrogen and oxygen atoms in total. The number of benzene rings is 9.